The van der Waals surface area contributed by atoms with Crippen LogP contribution in [0, 0.1) is 11.8 Å². The first-order valence-electron chi connectivity index (χ1n) is 10.3. The SMILES string of the molecule is O=C1[C@@H]2C3c4ccccc4C(Cl)(c4ccccc43)[C@@H]2C(=O)N1c1cc(C(F)(F)F)ccc1Cl. The highest BCUT2D eigenvalue weighted by Gasteiger charge is 2.68. The molecular formula is C25H14Cl2F3NO2. The van der Waals surface area contributed by atoms with E-state index in [1.54, 1.807) is 0 Å². The Morgan fingerprint density at radius 3 is 2.00 bits per heavy atom. The van der Waals surface area contributed by atoms with Gasteiger partial charge in [0.15, 0.2) is 0 Å². The molecular weight excluding hydrogens is 474 g/mol. The first-order chi connectivity index (χ1) is 15.7. The van der Waals surface area contributed by atoms with Crippen molar-refractivity contribution in [2.24, 2.45) is 11.8 Å². The van der Waals surface area contributed by atoms with Crippen molar-refractivity contribution in [2.45, 2.75) is 17.0 Å². The van der Waals surface area contributed by atoms with E-state index in [0.717, 1.165) is 45.4 Å². The summed E-state index contributed by atoms with van der Waals surface area (Å²) in [6, 6.07) is 17.4. The summed E-state index contributed by atoms with van der Waals surface area (Å²) in [5, 5.41) is -0.116. The van der Waals surface area contributed by atoms with Crippen molar-refractivity contribution in [1.29, 1.82) is 0 Å². The van der Waals surface area contributed by atoms with E-state index in [0.29, 0.717) is 0 Å². The Balaban J connectivity index is 1.58. The summed E-state index contributed by atoms with van der Waals surface area (Å²) in [6.07, 6.45) is -4.66. The van der Waals surface area contributed by atoms with Crippen molar-refractivity contribution in [3.63, 3.8) is 0 Å². The number of amides is 2. The molecule has 0 aromatic heterocycles. The molecule has 166 valence electrons. The molecule has 0 unspecified atom stereocenters. The Morgan fingerprint density at radius 2 is 1.42 bits per heavy atom. The van der Waals surface area contributed by atoms with Crippen molar-refractivity contribution in [1.82, 2.24) is 0 Å². The van der Waals surface area contributed by atoms with E-state index in [1.807, 2.05) is 48.5 Å². The minimum atomic E-state index is -4.66. The number of hydrogen-bond acceptors (Lipinski definition) is 2. The molecule has 0 saturated carbocycles. The number of anilines is 1. The zero-order valence-corrected chi connectivity index (χ0v) is 18.2. The van der Waals surface area contributed by atoms with Crippen molar-refractivity contribution in [3.05, 3.63) is 99.6 Å². The van der Waals surface area contributed by atoms with Crippen LogP contribution in [0.1, 0.15) is 33.7 Å². The number of nitrogens with zero attached hydrogens (tertiary/aromatic N) is 1. The first-order valence-corrected chi connectivity index (χ1v) is 11.0. The van der Waals surface area contributed by atoms with Gasteiger partial charge in [0, 0.05) is 5.92 Å². The molecule has 3 aliphatic carbocycles. The summed E-state index contributed by atoms with van der Waals surface area (Å²) in [5.74, 6) is -3.48. The molecule has 33 heavy (non-hydrogen) atoms. The highest BCUT2D eigenvalue weighted by atomic mass is 35.5. The van der Waals surface area contributed by atoms with Crippen molar-refractivity contribution in [3.8, 4) is 0 Å². The number of carbonyl (C=O) groups excluding carboxylic acids is 2. The van der Waals surface area contributed by atoms with E-state index in [1.165, 1.54) is 0 Å². The standard InChI is InChI=1S/C25H14Cl2F3NO2/c26-17-10-9-12(25(28,29)30)11-18(17)31-22(32)20-19-13-5-1-3-7-15(13)24(27,21(20)23(31)33)16-8-4-2-6-14(16)19/h1-11,19-21H/t19?,20-,21+,24?/m1/s1. The maximum absolute atomic E-state index is 13.8. The lowest BCUT2D eigenvalue weighted by atomic mass is 9.54. The van der Waals surface area contributed by atoms with Crippen LogP contribution >= 0.6 is 23.2 Å². The third-order valence-electron chi connectivity index (χ3n) is 7.03. The van der Waals surface area contributed by atoms with Crippen LogP contribution in [0.3, 0.4) is 0 Å². The van der Waals surface area contributed by atoms with Crippen molar-refractivity contribution in [2.75, 3.05) is 4.90 Å². The molecule has 8 heteroatoms. The summed E-state index contributed by atoms with van der Waals surface area (Å²) >= 11 is 13.5. The van der Waals surface area contributed by atoms with Crippen LogP contribution in [0.15, 0.2) is 66.7 Å². The van der Waals surface area contributed by atoms with Gasteiger partial charge in [-0.1, -0.05) is 60.1 Å². The van der Waals surface area contributed by atoms with Gasteiger partial charge in [0.25, 0.3) is 0 Å². The van der Waals surface area contributed by atoms with Gasteiger partial charge in [0.1, 0.15) is 4.87 Å². The quantitative estimate of drug-likeness (QED) is 0.307. The molecule has 3 aromatic rings. The number of hydrogen-bond donors (Lipinski definition) is 0. The Labute approximate surface area is 196 Å². The van der Waals surface area contributed by atoms with Gasteiger partial charge in [0.2, 0.25) is 11.8 Å². The predicted octanol–water partition coefficient (Wildman–Crippen LogP) is 6.11. The van der Waals surface area contributed by atoms with Gasteiger partial charge in [0.05, 0.1) is 28.1 Å². The third-order valence-corrected chi connectivity index (χ3v) is 7.99. The summed E-state index contributed by atoms with van der Waals surface area (Å²) in [4.78, 5) is 27.0. The minimum absolute atomic E-state index is 0.116. The molecule has 2 amide bonds. The normalized spacial score (nSPS) is 27.4. The van der Waals surface area contributed by atoms with Gasteiger partial charge in [-0.15, -0.1) is 11.6 Å². The largest absolute Gasteiger partial charge is 0.416 e. The maximum atomic E-state index is 13.8. The highest BCUT2D eigenvalue weighted by molar-refractivity contribution is 6.38. The fourth-order valence-corrected chi connectivity index (χ4v) is 6.55. The molecule has 1 aliphatic heterocycles. The minimum Gasteiger partial charge on any atom is -0.274 e. The molecule has 0 N–H and O–H groups in total. The smallest absolute Gasteiger partial charge is 0.274 e. The average Bonchev–Trinajstić information content (AvgIpc) is 3.05. The first kappa shape index (κ1) is 20.8. The molecule has 4 aliphatic rings. The highest BCUT2D eigenvalue weighted by Crippen LogP contribution is 2.66. The van der Waals surface area contributed by atoms with Gasteiger partial charge >= 0.3 is 6.18 Å². The summed E-state index contributed by atoms with van der Waals surface area (Å²) in [7, 11) is 0. The fraction of sp³-hybridized carbons (Fsp3) is 0.200. The second-order valence-electron chi connectivity index (χ2n) is 8.54. The van der Waals surface area contributed by atoms with Crippen LogP contribution in [0.25, 0.3) is 0 Å². The number of rotatable bonds is 1. The number of imide groups is 1. The van der Waals surface area contributed by atoms with Crippen molar-refractivity contribution >= 4 is 40.7 Å². The van der Waals surface area contributed by atoms with Crippen molar-refractivity contribution < 1.29 is 22.8 Å². The summed E-state index contributed by atoms with van der Waals surface area (Å²) in [5.41, 5.74) is 1.93. The molecule has 2 atom stereocenters. The number of benzene rings is 3. The lowest BCUT2D eigenvalue weighted by Crippen LogP contribution is -2.50. The molecule has 1 saturated heterocycles. The summed E-state index contributed by atoms with van der Waals surface area (Å²) in [6.45, 7) is 0. The second-order valence-corrected chi connectivity index (χ2v) is 9.55. The van der Waals surface area contributed by atoms with E-state index in [2.05, 4.69) is 0 Å². The second kappa shape index (κ2) is 6.61. The van der Waals surface area contributed by atoms with Crippen LogP contribution in [-0.4, -0.2) is 11.8 Å². The van der Waals surface area contributed by atoms with E-state index >= 15 is 0 Å². The van der Waals surface area contributed by atoms with Crippen LogP contribution in [0.2, 0.25) is 5.02 Å². The molecule has 0 spiro atoms. The fourth-order valence-electron chi connectivity index (χ4n) is 5.78. The molecule has 0 radical (unpaired) electrons. The zero-order valence-electron chi connectivity index (χ0n) is 16.7. The Kier molecular flexibility index (Phi) is 4.16. The van der Waals surface area contributed by atoms with Crippen LogP contribution in [0.4, 0.5) is 18.9 Å². The molecule has 3 nitrogen and oxygen atoms in total. The predicted molar refractivity (Wildman–Crippen MR) is 117 cm³/mol. The Morgan fingerprint density at radius 1 is 0.848 bits per heavy atom. The Bertz CT molecular complexity index is 1320. The van der Waals surface area contributed by atoms with Crippen LogP contribution < -0.4 is 4.90 Å². The number of alkyl halides is 4. The molecule has 1 heterocycles. The van der Waals surface area contributed by atoms with Gasteiger partial charge in [-0.25, -0.2) is 4.90 Å². The maximum Gasteiger partial charge on any atom is 0.416 e. The Hall–Kier alpha value is -2.83. The topological polar surface area (TPSA) is 37.4 Å². The molecule has 2 bridgehead atoms. The monoisotopic (exact) mass is 487 g/mol. The molecule has 3 aromatic carbocycles. The lowest BCUT2D eigenvalue weighted by molar-refractivity contribution is -0.137. The van der Waals surface area contributed by atoms with E-state index in [9.17, 15) is 22.8 Å². The average molecular weight is 488 g/mol. The van der Waals surface area contributed by atoms with Gasteiger partial charge in [-0.05, 0) is 40.5 Å². The number of carbonyl (C=O) groups is 2. The van der Waals surface area contributed by atoms with Gasteiger partial charge in [-0.3, -0.25) is 9.59 Å². The molecule has 1 fully saturated rings. The van der Waals surface area contributed by atoms with Gasteiger partial charge in [-0.2, -0.15) is 13.2 Å². The zero-order chi connectivity index (χ0) is 23.3. The third kappa shape index (κ3) is 2.53. The van der Waals surface area contributed by atoms with Crippen LogP contribution in [0.5, 0.6) is 0 Å². The van der Waals surface area contributed by atoms with E-state index < -0.39 is 46.2 Å². The van der Waals surface area contributed by atoms with Gasteiger partial charge < -0.3 is 0 Å². The van der Waals surface area contributed by atoms with E-state index in [-0.39, 0.29) is 10.7 Å². The molecule has 7 rings (SSSR count). The summed E-state index contributed by atoms with van der Waals surface area (Å²) < 4.78 is 40.1. The van der Waals surface area contributed by atoms with E-state index in [4.69, 9.17) is 23.2 Å². The van der Waals surface area contributed by atoms with Crippen LogP contribution in [-0.2, 0) is 20.6 Å². The lowest BCUT2D eigenvalue weighted by Gasteiger charge is -2.50. The number of halogens is 5.